The fourth-order valence-electron chi connectivity index (χ4n) is 3.21. The molecule has 4 aromatic rings. The summed E-state index contributed by atoms with van der Waals surface area (Å²) in [6, 6.07) is 20.3. The van der Waals surface area contributed by atoms with Crippen LogP contribution in [0.5, 0.6) is 5.75 Å². The fourth-order valence-corrected chi connectivity index (χ4v) is 4.14. The first kappa shape index (κ1) is 23.2. The molecule has 0 bridgehead atoms. The Morgan fingerprint density at radius 1 is 0.970 bits per heavy atom. The quantitative estimate of drug-likeness (QED) is 0.296. The number of amides is 1. The van der Waals surface area contributed by atoms with Crippen molar-refractivity contribution in [2.75, 3.05) is 5.32 Å². The number of carbonyl (C=O) groups excluding carboxylic acids is 1. The molecule has 1 aromatic heterocycles. The summed E-state index contributed by atoms with van der Waals surface area (Å²) in [6.45, 7) is 2.86. The molecule has 8 heteroatoms. The Kier molecular flexibility index (Phi) is 7.23. The number of anilines is 1. The first-order valence-electron chi connectivity index (χ1n) is 10.1. The van der Waals surface area contributed by atoms with Crippen molar-refractivity contribution in [3.8, 4) is 5.75 Å². The Morgan fingerprint density at radius 2 is 1.70 bits per heavy atom. The van der Waals surface area contributed by atoms with Crippen molar-refractivity contribution in [1.29, 1.82) is 0 Å². The molecule has 0 saturated carbocycles. The van der Waals surface area contributed by atoms with Gasteiger partial charge in [0.25, 0.3) is 5.91 Å². The van der Waals surface area contributed by atoms with Crippen LogP contribution in [0.3, 0.4) is 0 Å². The van der Waals surface area contributed by atoms with Crippen LogP contribution in [0, 0.1) is 6.92 Å². The average molecular weight is 501 g/mol. The van der Waals surface area contributed by atoms with Crippen LogP contribution in [0.4, 0.5) is 5.82 Å². The number of aryl methyl sites for hydroxylation is 1. The molecule has 1 heterocycles. The monoisotopic (exact) mass is 499 g/mol. The van der Waals surface area contributed by atoms with E-state index in [1.54, 1.807) is 41.1 Å². The van der Waals surface area contributed by atoms with E-state index in [1.165, 1.54) is 5.56 Å². The minimum absolute atomic E-state index is 0.188. The number of rotatable bonds is 7. The number of nitrogens with zero attached hydrogens (tertiary/aromatic N) is 2. The minimum Gasteiger partial charge on any atom is -0.486 e. The van der Waals surface area contributed by atoms with Gasteiger partial charge in [-0.1, -0.05) is 76.8 Å². The van der Waals surface area contributed by atoms with Crippen LogP contribution >= 0.6 is 34.8 Å². The number of carbonyl (C=O) groups is 1. The highest BCUT2D eigenvalue weighted by Gasteiger charge is 2.12. The minimum atomic E-state index is -0.264. The molecule has 0 aliphatic carbocycles. The lowest BCUT2D eigenvalue weighted by Gasteiger charge is -2.11. The van der Waals surface area contributed by atoms with E-state index in [4.69, 9.17) is 39.5 Å². The van der Waals surface area contributed by atoms with Gasteiger partial charge >= 0.3 is 0 Å². The van der Waals surface area contributed by atoms with Gasteiger partial charge < -0.3 is 10.1 Å². The predicted molar refractivity (Wildman–Crippen MR) is 133 cm³/mol. The Bertz CT molecular complexity index is 1260. The third kappa shape index (κ3) is 6.08. The Hall–Kier alpha value is -2.99. The Labute approximate surface area is 206 Å². The van der Waals surface area contributed by atoms with Gasteiger partial charge in [-0.2, -0.15) is 5.10 Å². The predicted octanol–water partition coefficient (Wildman–Crippen LogP) is 7.03. The van der Waals surface area contributed by atoms with Crippen LogP contribution in [0.25, 0.3) is 0 Å². The van der Waals surface area contributed by atoms with E-state index >= 15 is 0 Å². The molecular formula is C25H20Cl3N3O2. The van der Waals surface area contributed by atoms with Crippen LogP contribution in [0.15, 0.2) is 72.9 Å². The molecule has 4 rings (SSSR count). The molecule has 0 saturated heterocycles. The zero-order valence-corrected chi connectivity index (χ0v) is 20.0. The van der Waals surface area contributed by atoms with Gasteiger partial charge in [0.2, 0.25) is 0 Å². The molecule has 0 unspecified atom stereocenters. The lowest BCUT2D eigenvalue weighted by atomic mass is 10.1. The van der Waals surface area contributed by atoms with Crippen LogP contribution in [-0.2, 0) is 13.2 Å². The summed E-state index contributed by atoms with van der Waals surface area (Å²) in [5, 5.41) is 8.34. The van der Waals surface area contributed by atoms with Gasteiger partial charge in [-0.3, -0.25) is 9.48 Å². The first-order valence-corrected chi connectivity index (χ1v) is 11.3. The highest BCUT2D eigenvalue weighted by atomic mass is 35.5. The Balaban J connectivity index is 1.39. The van der Waals surface area contributed by atoms with Gasteiger partial charge in [0.15, 0.2) is 11.6 Å². The van der Waals surface area contributed by atoms with Crippen molar-refractivity contribution in [3.63, 3.8) is 0 Å². The largest absolute Gasteiger partial charge is 0.486 e. The van der Waals surface area contributed by atoms with Crippen LogP contribution < -0.4 is 10.1 Å². The van der Waals surface area contributed by atoms with E-state index in [-0.39, 0.29) is 12.5 Å². The van der Waals surface area contributed by atoms with E-state index in [0.29, 0.717) is 38.7 Å². The maximum Gasteiger partial charge on any atom is 0.256 e. The van der Waals surface area contributed by atoms with Gasteiger partial charge in [0, 0.05) is 22.8 Å². The number of hydrogen-bond donors (Lipinski definition) is 1. The van der Waals surface area contributed by atoms with E-state index in [1.807, 2.05) is 12.3 Å². The molecule has 33 heavy (non-hydrogen) atoms. The molecule has 1 N–H and O–H groups in total. The number of aromatic nitrogens is 2. The maximum atomic E-state index is 12.7. The summed E-state index contributed by atoms with van der Waals surface area (Å²) in [6.07, 6.45) is 1.83. The molecule has 1 amide bonds. The van der Waals surface area contributed by atoms with Crippen LogP contribution in [-0.4, -0.2) is 15.7 Å². The van der Waals surface area contributed by atoms with Crippen molar-refractivity contribution < 1.29 is 9.53 Å². The van der Waals surface area contributed by atoms with Crippen LogP contribution in [0.2, 0.25) is 15.1 Å². The molecule has 3 aromatic carbocycles. The van der Waals surface area contributed by atoms with Crippen molar-refractivity contribution in [2.24, 2.45) is 0 Å². The SMILES string of the molecule is Cc1ccc(Cn2ccc(NC(=O)c3cccc(COc4c(Cl)cc(Cl)cc4Cl)c3)n2)cc1. The summed E-state index contributed by atoms with van der Waals surface area (Å²) in [7, 11) is 0. The summed E-state index contributed by atoms with van der Waals surface area (Å²) in [4.78, 5) is 12.7. The number of hydrogen-bond acceptors (Lipinski definition) is 3. The summed E-state index contributed by atoms with van der Waals surface area (Å²) in [5.74, 6) is 0.560. The lowest BCUT2D eigenvalue weighted by molar-refractivity contribution is 0.102. The molecular weight excluding hydrogens is 481 g/mol. The second-order valence-corrected chi connectivity index (χ2v) is 8.78. The molecule has 0 aliphatic rings. The van der Waals surface area contributed by atoms with Crippen molar-refractivity contribution in [2.45, 2.75) is 20.1 Å². The third-order valence-electron chi connectivity index (χ3n) is 4.88. The number of nitrogens with one attached hydrogen (secondary N) is 1. The van der Waals surface area contributed by atoms with Gasteiger partial charge in [-0.15, -0.1) is 0 Å². The third-order valence-corrected chi connectivity index (χ3v) is 5.66. The normalized spacial score (nSPS) is 10.8. The highest BCUT2D eigenvalue weighted by molar-refractivity contribution is 6.40. The Morgan fingerprint density at radius 3 is 2.42 bits per heavy atom. The highest BCUT2D eigenvalue weighted by Crippen LogP contribution is 2.36. The summed E-state index contributed by atoms with van der Waals surface area (Å²) >= 11 is 18.3. The lowest BCUT2D eigenvalue weighted by Crippen LogP contribution is -2.13. The van der Waals surface area contributed by atoms with Gasteiger partial charge in [0.05, 0.1) is 16.6 Å². The summed E-state index contributed by atoms with van der Waals surface area (Å²) in [5.41, 5.74) is 3.61. The molecule has 0 fully saturated rings. The van der Waals surface area contributed by atoms with Crippen molar-refractivity contribution in [1.82, 2.24) is 9.78 Å². The second-order valence-electron chi connectivity index (χ2n) is 7.53. The molecule has 0 spiro atoms. The van der Waals surface area contributed by atoms with E-state index in [2.05, 4.69) is 41.6 Å². The average Bonchev–Trinajstić information content (AvgIpc) is 3.21. The molecule has 0 radical (unpaired) electrons. The van der Waals surface area contributed by atoms with Gasteiger partial charge in [-0.05, 0) is 42.3 Å². The topological polar surface area (TPSA) is 56.2 Å². The molecule has 0 aliphatic heterocycles. The van der Waals surface area contributed by atoms with Gasteiger partial charge in [-0.25, -0.2) is 0 Å². The number of ether oxygens (including phenoxy) is 1. The van der Waals surface area contributed by atoms with E-state index < -0.39 is 0 Å². The fraction of sp³-hybridized carbons (Fsp3) is 0.120. The van der Waals surface area contributed by atoms with E-state index in [9.17, 15) is 4.79 Å². The van der Waals surface area contributed by atoms with Crippen molar-refractivity contribution in [3.05, 3.63) is 110 Å². The molecule has 0 atom stereocenters. The van der Waals surface area contributed by atoms with Crippen LogP contribution in [0.1, 0.15) is 27.0 Å². The van der Waals surface area contributed by atoms with Crippen molar-refractivity contribution >= 4 is 46.5 Å². The first-order chi connectivity index (χ1) is 15.9. The van der Waals surface area contributed by atoms with E-state index in [0.717, 1.165) is 11.1 Å². The smallest absolute Gasteiger partial charge is 0.256 e. The number of benzene rings is 3. The van der Waals surface area contributed by atoms with Gasteiger partial charge in [0.1, 0.15) is 6.61 Å². The zero-order valence-electron chi connectivity index (χ0n) is 17.7. The molecule has 5 nitrogen and oxygen atoms in total. The second kappa shape index (κ2) is 10.3. The molecule has 168 valence electrons. The summed E-state index contributed by atoms with van der Waals surface area (Å²) < 4.78 is 7.54. The zero-order chi connectivity index (χ0) is 23.4. The standard InChI is InChI=1S/C25H20Cl3N3O2/c1-16-5-7-17(8-6-16)14-31-10-9-23(30-31)29-25(32)19-4-2-3-18(11-19)15-33-24-21(27)12-20(26)13-22(24)28/h2-13H,14-15H2,1H3,(H,29,30,32). The maximum absolute atomic E-state index is 12.7. The number of halogens is 3.